The van der Waals surface area contributed by atoms with Gasteiger partial charge < -0.3 is 20.3 Å². The van der Waals surface area contributed by atoms with Crippen LogP contribution in [0.4, 0.5) is 0 Å². The Hall–Kier alpha value is -2.70. The van der Waals surface area contributed by atoms with Crippen molar-refractivity contribution in [1.82, 2.24) is 5.32 Å². The first-order valence-electron chi connectivity index (χ1n) is 25.7. The maximum atomic E-state index is 13.2. The molecule has 0 aliphatic rings. The van der Waals surface area contributed by atoms with Crippen molar-refractivity contribution in [3.05, 3.63) is 72.9 Å². The number of aliphatic hydroxyl groups excluding tert-OH is 2. The van der Waals surface area contributed by atoms with Crippen molar-refractivity contribution in [2.45, 2.75) is 257 Å². The number of carbonyl (C=O) groups is 2. The quantitative estimate of drug-likeness (QED) is 0.0245. The largest absolute Gasteiger partial charge is 0.462 e. The second-order valence-corrected chi connectivity index (χ2v) is 17.3. The molecule has 0 fully saturated rings. The second-order valence-electron chi connectivity index (χ2n) is 17.3. The monoisotopic (exact) mass is 852 g/mol. The maximum absolute atomic E-state index is 13.2. The van der Waals surface area contributed by atoms with Gasteiger partial charge in [0.2, 0.25) is 5.91 Å². The van der Waals surface area contributed by atoms with Crippen molar-refractivity contribution in [2.75, 3.05) is 6.61 Å². The zero-order chi connectivity index (χ0) is 44.5. The Labute approximate surface area is 377 Å². The Balaban J connectivity index is 4.68. The molecule has 0 aromatic heterocycles. The lowest BCUT2D eigenvalue weighted by Crippen LogP contribution is -2.46. The Bertz CT molecular complexity index is 1140. The van der Waals surface area contributed by atoms with E-state index in [0.717, 1.165) is 70.6 Å². The van der Waals surface area contributed by atoms with E-state index in [1.807, 2.05) is 36.5 Å². The predicted octanol–water partition coefficient (Wildman–Crippen LogP) is 15.4. The average molecular weight is 852 g/mol. The van der Waals surface area contributed by atoms with E-state index in [4.69, 9.17) is 4.74 Å². The van der Waals surface area contributed by atoms with Crippen LogP contribution in [0.5, 0.6) is 0 Å². The first-order chi connectivity index (χ1) is 30.0. The summed E-state index contributed by atoms with van der Waals surface area (Å²) in [4.78, 5) is 26.1. The number of unbranched alkanes of at least 4 members (excludes halogenated alkanes) is 25. The molecule has 0 aromatic carbocycles. The van der Waals surface area contributed by atoms with Gasteiger partial charge in [-0.05, 0) is 70.6 Å². The number of esters is 1. The number of hydrogen-bond acceptors (Lipinski definition) is 5. The molecular weight excluding hydrogens is 755 g/mol. The van der Waals surface area contributed by atoms with E-state index in [0.29, 0.717) is 19.3 Å². The minimum absolute atomic E-state index is 0.0548. The number of rotatable bonds is 45. The van der Waals surface area contributed by atoms with E-state index in [9.17, 15) is 19.8 Å². The van der Waals surface area contributed by atoms with Crippen LogP contribution in [-0.4, -0.2) is 46.9 Å². The Kier molecular flexibility index (Phi) is 46.2. The molecule has 352 valence electrons. The zero-order valence-electron chi connectivity index (χ0n) is 40.0. The van der Waals surface area contributed by atoms with E-state index in [1.54, 1.807) is 0 Å². The molecule has 61 heavy (non-hydrogen) atoms. The summed E-state index contributed by atoms with van der Waals surface area (Å²) in [6.07, 6.45) is 61.0. The van der Waals surface area contributed by atoms with Crippen LogP contribution in [0.15, 0.2) is 72.9 Å². The summed E-state index contributed by atoms with van der Waals surface area (Å²) in [5.41, 5.74) is 0. The second kappa shape index (κ2) is 48.3. The Morgan fingerprint density at radius 1 is 0.492 bits per heavy atom. The number of hydrogen-bond donors (Lipinski definition) is 3. The molecule has 3 N–H and O–H groups in total. The van der Waals surface area contributed by atoms with Gasteiger partial charge >= 0.3 is 5.97 Å². The maximum Gasteiger partial charge on any atom is 0.306 e. The van der Waals surface area contributed by atoms with E-state index >= 15 is 0 Å². The molecule has 0 aliphatic carbocycles. The van der Waals surface area contributed by atoms with Crippen LogP contribution < -0.4 is 5.32 Å². The SMILES string of the molecule is CC/C=C/C=C/C=C\C=C/C=C/CCCCCC(=O)OC(CCCCCCCCC/C=C/CCCCCCCC)CC(=O)NC(CO)C(O)CCCCCCCCCCCC. The first-order valence-corrected chi connectivity index (χ1v) is 25.7. The van der Waals surface area contributed by atoms with Gasteiger partial charge in [-0.1, -0.05) is 229 Å². The molecule has 1 amide bonds. The molecule has 0 saturated heterocycles. The van der Waals surface area contributed by atoms with Gasteiger partial charge in [0, 0.05) is 6.42 Å². The van der Waals surface area contributed by atoms with Crippen LogP contribution in [-0.2, 0) is 14.3 Å². The van der Waals surface area contributed by atoms with Crippen molar-refractivity contribution >= 4 is 11.9 Å². The highest BCUT2D eigenvalue weighted by atomic mass is 16.5. The van der Waals surface area contributed by atoms with Crippen LogP contribution in [0.25, 0.3) is 0 Å². The first kappa shape index (κ1) is 58.3. The number of nitrogens with one attached hydrogen (secondary N) is 1. The lowest BCUT2D eigenvalue weighted by Gasteiger charge is -2.24. The predicted molar refractivity (Wildman–Crippen MR) is 264 cm³/mol. The highest BCUT2D eigenvalue weighted by Gasteiger charge is 2.24. The minimum Gasteiger partial charge on any atom is -0.462 e. The van der Waals surface area contributed by atoms with Crippen LogP contribution in [0.1, 0.15) is 239 Å². The summed E-state index contributed by atoms with van der Waals surface area (Å²) in [5, 5.41) is 23.7. The van der Waals surface area contributed by atoms with Gasteiger partial charge in [-0.25, -0.2) is 0 Å². The Morgan fingerprint density at radius 3 is 1.39 bits per heavy atom. The Morgan fingerprint density at radius 2 is 0.902 bits per heavy atom. The van der Waals surface area contributed by atoms with E-state index < -0.39 is 18.2 Å². The summed E-state index contributed by atoms with van der Waals surface area (Å²) < 4.78 is 5.91. The smallest absolute Gasteiger partial charge is 0.306 e. The van der Waals surface area contributed by atoms with Gasteiger partial charge in [0.05, 0.1) is 25.2 Å². The van der Waals surface area contributed by atoms with Gasteiger partial charge in [0.1, 0.15) is 6.10 Å². The fraction of sp³-hybridized carbons (Fsp3) is 0.745. The van der Waals surface area contributed by atoms with Crippen molar-refractivity contribution in [3.63, 3.8) is 0 Å². The van der Waals surface area contributed by atoms with Crippen molar-refractivity contribution in [3.8, 4) is 0 Å². The summed E-state index contributed by atoms with van der Waals surface area (Å²) >= 11 is 0. The van der Waals surface area contributed by atoms with Gasteiger partial charge in [-0.3, -0.25) is 9.59 Å². The normalized spacial score (nSPS) is 13.9. The van der Waals surface area contributed by atoms with Crippen molar-refractivity contribution in [2.24, 2.45) is 0 Å². The van der Waals surface area contributed by atoms with Crippen molar-refractivity contribution in [1.29, 1.82) is 0 Å². The third kappa shape index (κ3) is 43.7. The lowest BCUT2D eigenvalue weighted by atomic mass is 10.0. The number of ether oxygens (including phenoxy) is 1. The molecule has 0 aromatic rings. The van der Waals surface area contributed by atoms with E-state index in [-0.39, 0.29) is 24.9 Å². The summed E-state index contributed by atoms with van der Waals surface area (Å²) in [6, 6.07) is -0.714. The van der Waals surface area contributed by atoms with Gasteiger partial charge in [-0.2, -0.15) is 0 Å². The van der Waals surface area contributed by atoms with Gasteiger partial charge in [0.15, 0.2) is 0 Å². The highest BCUT2D eigenvalue weighted by Crippen LogP contribution is 2.17. The third-order valence-electron chi connectivity index (χ3n) is 11.4. The average Bonchev–Trinajstić information content (AvgIpc) is 3.25. The zero-order valence-corrected chi connectivity index (χ0v) is 40.0. The molecule has 0 heterocycles. The van der Waals surface area contributed by atoms with Gasteiger partial charge in [0.25, 0.3) is 0 Å². The number of carbonyl (C=O) groups excluding carboxylic acids is 2. The molecule has 0 aliphatic heterocycles. The third-order valence-corrected chi connectivity index (χ3v) is 11.4. The standard InChI is InChI=1S/C55H97NO5/c1-4-7-10-13-16-19-22-24-26-27-29-30-32-34-37-40-43-46-51(61-55(60)48-45-42-39-36-33-31-28-25-23-20-17-14-11-8-5-2)49-54(59)56-52(50-57)53(58)47-44-41-38-35-21-18-15-12-9-6-3/h8,11,14,17,20,23-26,28,31,33,51-53,57-58H,4-7,9-10,12-13,15-16,18-19,21-22,27,29-30,32,34-50H2,1-3H3,(H,56,59)/b11-8+,17-14+,23-20-,26-24+,28-25-,33-31+. The number of allylic oxidation sites excluding steroid dienone is 12. The molecule has 3 unspecified atom stereocenters. The highest BCUT2D eigenvalue weighted by molar-refractivity contribution is 5.77. The number of aliphatic hydroxyl groups is 2. The van der Waals surface area contributed by atoms with Crippen LogP contribution >= 0.6 is 0 Å². The van der Waals surface area contributed by atoms with Crippen molar-refractivity contribution < 1.29 is 24.5 Å². The molecule has 0 bridgehead atoms. The molecular formula is C55H97NO5. The molecule has 0 spiro atoms. The van der Waals surface area contributed by atoms with Gasteiger partial charge in [-0.15, -0.1) is 0 Å². The van der Waals surface area contributed by atoms with Crippen LogP contribution in [0.2, 0.25) is 0 Å². The molecule has 6 heteroatoms. The minimum atomic E-state index is -0.798. The molecule has 0 saturated carbocycles. The fourth-order valence-electron chi connectivity index (χ4n) is 7.50. The van der Waals surface area contributed by atoms with E-state index in [2.05, 4.69) is 62.5 Å². The number of amides is 1. The summed E-state index contributed by atoms with van der Waals surface area (Å²) in [6.45, 7) is 6.31. The molecule has 6 nitrogen and oxygen atoms in total. The van der Waals surface area contributed by atoms with E-state index in [1.165, 1.54) is 122 Å². The summed E-state index contributed by atoms with van der Waals surface area (Å²) in [7, 11) is 0. The fourth-order valence-corrected chi connectivity index (χ4v) is 7.50. The topological polar surface area (TPSA) is 95.9 Å². The van der Waals surface area contributed by atoms with Crippen LogP contribution in [0.3, 0.4) is 0 Å². The molecule has 0 rings (SSSR count). The molecule has 0 radical (unpaired) electrons. The lowest BCUT2D eigenvalue weighted by molar-refractivity contribution is -0.151. The summed E-state index contributed by atoms with van der Waals surface area (Å²) in [5.74, 6) is -0.528. The molecule has 3 atom stereocenters. The van der Waals surface area contributed by atoms with Crippen LogP contribution in [0, 0.1) is 0 Å².